The molecular formula is C16H32N2O2. The summed E-state index contributed by atoms with van der Waals surface area (Å²) in [6.07, 6.45) is 4.41. The van der Waals surface area contributed by atoms with E-state index < -0.39 is 5.54 Å². The quantitative estimate of drug-likeness (QED) is 0.494. The average Bonchev–Trinajstić information content (AvgIpc) is 3.09. The van der Waals surface area contributed by atoms with Crippen molar-refractivity contribution >= 4 is 5.97 Å². The van der Waals surface area contributed by atoms with Gasteiger partial charge in [0.25, 0.3) is 0 Å². The summed E-state index contributed by atoms with van der Waals surface area (Å²) in [6.45, 7) is 9.42. The first-order chi connectivity index (χ1) is 9.42. The Morgan fingerprint density at radius 1 is 1.45 bits per heavy atom. The normalized spacial score (nSPS) is 24.5. The van der Waals surface area contributed by atoms with Gasteiger partial charge in [-0.1, -0.05) is 13.8 Å². The van der Waals surface area contributed by atoms with Crippen molar-refractivity contribution in [3.05, 3.63) is 0 Å². The highest BCUT2D eigenvalue weighted by atomic mass is 16.5. The van der Waals surface area contributed by atoms with Crippen LogP contribution in [0.1, 0.15) is 46.5 Å². The van der Waals surface area contributed by atoms with Crippen LogP contribution in [-0.4, -0.2) is 50.2 Å². The van der Waals surface area contributed by atoms with E-state index in [1.165, 1.54) is 20.1 Å². The van der Waals surface area contributed by atoms with Crippen LogP contribution in [0.4, 0.5) is 0 Å². The lowest BCUT2D eigenvalue weighted by Crippen LogP contribution is -2.50. The van der Waals surface area contributed by atoms with Crippen LogP contribution in [-0.2, 0) is 9.53 Å². The number of carbonyl (C=O) groups excluding carboxylic acids is 1. The Morgan fingerprint density at radius 3 is 2.60 bits per heavy atom. The lowest BCUT2D eigenvalue weighted by Gasteiger charge is -2.27. The van der Waals surface area contributed by atoms with E-state index in [-0.39, 0.29) is 5.97 Å². The van der Waals surface area contributed by atoms with Crippen molar-refractivity contribution in [1.29, 1.82) is 0 Å². The van der Waals surface area contributed by atoms with Crippen LogP contribution in [0.15, 0.2) is 0 Å². The van der Waals surface area contributed by atoms with Gasteiger partial charge in [-0.2, -0.15) is 0 Å². The molecule has 0 saturated heterocycles. The van der Waals surface area contributed by atoms with E-state index in [0.717, 1.165) is 44.2 Å². The number of hydrogen-bond donors (Lipinski definition) is 1. The Hall–Kier alpha value is -0.610. The molecule has 3 unspecified atom stereocenters. The summed E-state index contributed by atoms with van der Waals surface area (Å²) in [6, 6.07) is 0. The van der Waals surface area contributed by atoms with Gasteiger partial charge < -0.3 is 15.0 Å². The molecule has 1 fully saturated rings. The van der Waals surface area contributed by atoms with Crippen molar-refractivity contribution in [3.8, 4) is 0 Å². The number of rotatable bonds is 10. The van der Waals surface area contributed by atoms with Crippen LogP contribution in [0.2, 0.25) is 0 Å². The van der Waals surface area contributed by atoms with Crippen LogP contribution < -0.4 is 5.32 Å². The lowest BCUT2D eigenvalue weighted by molar-refractivity contribution is -0.148. The van der Waals surface area contributed by atoms with E-state index in [9.17, 15) is 4.79 Å². The third-order valence-corrected chi connectivity index (χ3v) is 4.49. The predicted octanol–water partition coefficient (Wildman–Crippen LogP) is 2.29. The van der Waals surface area contributed by atoms with Crippen molar-refractivity contribution in [3.63, 3.8) is 0 Å². The van der Waals surface area contributed by atoms with Gasteiger partial charge in [0.2, 0.25) is 0 Å². The second kappa shape index (κ2) is 7.99. The molecule has 0 aliphatic heterocycles. The van der Waals surface area contributed by atoms with Crippen molar-refractivity contribution in [2.75, 3.05) is 33.8 Å². The zero-order valence-corrected chi connectivity index (χ0v) is 13.9. The highest BCUT2D eigenvalue weighted by Crippen LogP contribution is 2.37. The molecule has 3 atom stereocenters. The first-order valence-electron chi connectivity index (χ1n) is 7.95. The zero-order valence-electron chi connectivity index (χ0n) is 13.9. The largest absolute Gasteiger partial charge is 0.468 e. The van der Waals surface area contributed by atoms with Gasteiger partial charge in [-0.3, -0.25) is 4.79 Å². The summed E-state index contributed by atoms with van der Waals surface area (Å²) in [5.74, 6) is 1.69. The third-order valence-electron chi connectivity index (χ3n) is 4.49. The van der Waals surface area contributed by atoms with Crippen LogP contribution in [0.3, 0.4) is 0 Å². The molecule has 4 heteroatoms. The molecule has 1 aliphatic rings. The number of unbranched alkanes of at least 4 members (excludes halogenated alkanes) is 1. The van der Waals surface area contributed by atoms with Gasteiger partial charge in [-0.15, -0.1) is 0 Å². The molecule has 1 N–H and O–H groups in total. The van der Waals surface area contributed by atoms with Crippen LogP contribution in [0, 0.1) is 11.8 Å². The van der Waals surface area contributed by atoms with Crippen molar-refractivity contribution in [2.24, 2.45) is 11.8 Å². The van der Waals surface area contributed by atoms with E-state index in [2.05, 4.69) is 24.2 Å². The molecule has 1 rings (SSSR count). The maximum atomic E-state index is 11.8. The standard InChI is InChI=1S/C16H32N2O2/c1-6-17-16(3,15(19)20-5)9-7-8-10-18(4)12-14-11-13(14)2/h13-14,17H,6-12H2,1-5H3. The number of ether oxygens (including phenoxy) is 1. The first-order valence-corrected chi connectivity index (χ1v) is 7.95. The molecule has 0 amide bonds. The smallest absolute Gasteiger partial charge is 0.325 e. The van der Waals surface area contributed by atoms with Gasteiger partial charge in [0, 0.05) is 6.54 Å². The molecule has 0 bridgehead atoms. The maximum absolute atomic E-state index is 11.8. The van der Waals surface area contributed by atoms with Crippen molar-refractivity contribution in [2.45, 2.75) is 52.0 Å². The van der Waals surface area contributed by atoms with E-state index in [1.807, 2.05) is 13.8 Å². The lowest BCUT2D eigenvalue weighted by atomic mass is 9.94. The molecule has 1 aliphatic carbocycles. The van der Waals surface area contributed by atoms with Crippen LogP contribution in [0.5, 0.6) is 0 Å². The van der Waals surface area contributed by atoms with Gasteiger partial charge in [0.15, 0.2) is 0 Å². The fraction of sp³-hybridized carbons (Fsp3) is 0.938. The summed E-state index contributed by atoms with van der Waals surface area (Å²) in [5, 5.41) is 3.26. The Balaban J connectivity index is 2.21. The van der Waals surface area contributed by atoms with Crippen LogP contribution >= 0.6 is 0 Å². The van der Waals surface area contributed by atoms with Gasteiger partial charge in [-0.05, 0) is 64.6 Å². The molecular weight excluding hydrogens is 252 g/mol. The summed E-state index contributed by atoms with van der Waals surface area (Å²) >= 11 is 0. The summed E-state index contributed by atoms with van der Waals surface area (Å²) in [5.41, 5.74) is -0.535. The van der Waals surface area contributed by atoms with E-state index >= 15 is 0 Å². The predicted molar refractivity (Wildman–Crippen MR) is 82.7 cm³/mol. The Kier molecular flexibility index (Phi) is 6.96. The van der Waals surface area contributed by atoms with Crippen molar-refractivity contribution < 1.29 is 9.53 Å². The molecule has 0 aromatic heterocycles. The number of methoxy groups -OCH3 is 1. The molecule has 0 heterocycles. The molecule has 0 spiro atoms. The Bertz CT molecular complexity index is 309. The number of carbonyl (C=O) groups is 1. The number of nitrogens with one attached hydrogen (secondary N) is 1. The molecule has 1 saturated carbocycles. The fourth-order valence-electron chi connectivity index (χ4n) is 2.88. The van der Waals surface area contributed by atoms with Gasteiger partial charge in [0.05, 0.1) is 7.11 Å². The average molecular weight is 284 g/mol. The van der Waals surface area contributed by atoms with Crippen LogP contribution in [0.25, 0.3) is 0 Å². The fourth-order valence-corrected chi connectivity index (χ4v) is 2.88. The molecule has 4 nitrogen and oxygen atoms in total. The second-order valence-electron chi connectivity index (χ2n) is 6.55. The van der Waals surface area contributed by atoms with E-state index in [0.29, 0.717) is 0 Å². The van der Waals surface area contributed by atoms with Gasteiger partial charge in [-0.25, -0.2) is 0 Å². The molecule has 0 radical (unpaired) electrons. The zero-order chi connectivity index (χ0) is 15.2. The molecule has 0 aromatic rings. The van der Waals surface area contributed by atoms with E-state index in [1.54, 1.807) is 0 Å². The molecule has 0 aromatic carbocycles. The minimum atomic E-state index is -0.535. The number of nitrogens with zero attached hydrogens (tertiary/aromatic N) is 1. The minimum Gasteiger partial charge on any atom is -0.468 e. The monoisotopic (exact) mass is 284 g/mol. The highest BCUT2D eigenvalue weighted by Gasteiger charge is 2.34. The summed E-state index contributed by atoms with van der Waals surface area (Å²) in [7, 11) is 3.66. The minimum absolute atomic E-state index is 0.153. The Morgan fingerprint density at radius 2 is 2.10 bits per heavy atom. The van der Waals surface area contributed by atoms with Gasteiger partial charge >= 0.3 is 5.97 Å². The molecule has 118 valence electrons. The highest BCUT2D eigenvalue weighted by molar-refractivity contribution is 5.80. The SMILES string of the molecule is CCNC(C)(CCCCN(C)CC1CC1C)C(=O)OC. The Labute approximate surface area is 124 Å². The third kappa shape index (κ3) is 5.41. The number of hydrogen-bond acceptors (Lipinski definition) is 4. The number of esters is 1. The number of likely N-dealkylation sites (N-methyl/N-ethyl adjacent to an activating group) is 1. The second-order valence-corrected chi connectivity index (χ2v) is 6.55. The topological polar surface area (TPSA) is 41.6 Å². The summed E-state index contributed by atoms with van der Waals surface area (Å²) in [4.78, 5) is 14.3. The first kappa shape index (κ1) is 17.4. The van der Waals surface area contributed by atoms with E-state index in [4.69, 9.17) is 4.74 Å². The van der Waals surface area contributed by atoms with Crippen molar-refractivity contribution in [1.82, 2.24) is 10.2 Å². The summed E-state index contributed by atoms with van der Waals surface area (Å²) < 4.78 is 4.91. The molecule has 20 heavy (non-hydrogen) atoms. The maximum Gasteiger partial charge on any atom is 0.325 e. The van der Waals surface area contributed by atoms with Gasteiger partial charge in [0.1, 0.15) is 5.54 Å².